The molecule has 1 aliphatic heterocycles. The minimum Gasteiger partial charge on any atom is -0.356 e. The van der Waals surface area contributed by atoms with Gasteiger partial charge in [-0.05, 0) is 19.8 Å². The number of likely N-dealkylation sites (tertiary alicyclic amines) is 1. The lowest BCUT2D eigenvalue weighted by molar-refractivity contribution is 0.494. The Morgan fingerprint density at radius 1 is 1.50 bits per heavy atom. The number of aryl methyl sites for hydroxylation is 1. The lowest BCUT2D eigenvalue weighted by Gasteiger charge is -2.20. The van der Waals surface area contributed by atoms with Gasteiger partial charge < -0.3 is 10.2 Å². The Bertz CT molecular complexity index is 385. The lowest BCUT2D eigenvalue weighted by Crippen LogP contribution is -2.40. The molecule has 6 heteroatoms. The van der Waals surface area contributed by atoms with Crippen LogP contribution in [0.3, 0.4) is 0 Å². The first-order valence-electron chi connectivity index (χ1n) is 6.16. The van der Waals surface area contributed by atoms with E-state index in [2.05, 4.69) is 25.6 Å². The summed E-state index contributed by atoms with van der Waals surface area (Å²) in [7, 11) is 1.85. The summed E-state index contributed by atoms with van der Waals surface area (Å²) in [5.41, 5.74) is 1.18. The van der Waals surface area contributed by atoms with Gasteiger partial charge in [0.05, 0.1) is 10.7 Å². The first kappa shape index (κ1) is 15.7. The van der Waals surface area contributed by atoms with Crippen molar-refractivity contribution in [2.75, 3.05) is 26.7 Å². The number of guanidine groups is 1. The van der Waals surface area contributed by atoms with Crippen molar-refractivity contribution in [1.82, 2.24) is 15.2 Å². The molecule has 1 fully saturated rings. The van der Waals surface area contributed by atoms with Gasteiger partial charge in [0.2, 0.25) is 0 Å². The standard InChI is InChI=1S/C12H20N4S.HI/c1-10-15-11(9-17-10)5-6-14-12(13-2)16-7-3-4-8-16;/h9H,3-8H2,1-2H3,(H,13,14);1H. The highest BCUT2D eigenvalue weighted by Gasteiger charge is 2.15. The van der Waals surface area contributed by atoms with Crippen LogP contribution in [0.15, 0.2) is 10.4 Å². The SMILES string of the molecule is CN=C(NCCc1csc(C)n1)N1CCCC1.I. The Balaban J connectivity index is 0.00000162. The molecule has 1 aromatic rings. The van der Waals surface area contributed by atoms with Crippen LogP contribution in [0.1, 0.15) is 23.5 Å². The first-order valence-corrected chi connectivity index (χ1v) is 7.04. The molecule has 18 heavy (non-hydrogen) atoms. The van der Waals surface area contributed by atoms with Gasteiger partial charge in [-0.1, -0.05) is 0 Å². The van der Waals surface area contributed by atoms with Crippen molar-refractivity contribution >= 4 is 41.3 Å². The molecule has 1 aromatic heterocycles. The van der Waals surface area contributed by atoms with Crippen molar-refractivity contribution < 1.29 is 0 Å². The van der Waals surface area contributed by atoms with Gasteiger partial charge in [0.15, 0.2) is 5.96 Å². The van der Waals surface area contributed by atoms with Crippen molar-refractivity contribution in [1.29, 1.82) is 0 Å². The van der Waals surface area contributed by atoms with Crippen LogP contribution >= 0.6 is 35.3 Å². The summed E-state index contributed by atoms with van der Waals surface area (Å²) in [5.74, 6) is 1.04. The topological polar surface area (TPSA) is 40.5 Å². The smallest absolute Gasteiger partial charge is 0.193 e. The molecule has 0 bridgehead atoms. The number of nitrogens with zero attached hydrogens (tertiary/aromatic N) is 3. The summed E-state index contributed by atoms with van der Waals surface area (Å²) in [4.78, 5) is 11.1. The maximum Gasteiger partial charge on any atom is 0.193 e. The van der Waals surface area contributed by atoms with E-state index in [0.29, 0.717) is 0 Å². The maximum absolute atomic E-state index is 4.46. The van der Waals surface area contributed by atoms with Crippen LogP contribution < -0.4 is 5.32 Å². The van der Waals surface area contributed by atoms with Gasteiger partial charge in [0.1, 0.15) is 0 Å². The van der Waals surface area contributed by atoms with Crippen LogP contribution in [0.5, 0.6) is 0 Å². The Kier molecular flexibility index (Phi) is 6.91. The van der Waals surface area contributed by atoms with E-state index < -0.39 is 0 Å². The van der Waals surface area contributed by atoms with E-state index in [1.54, 1.807) is 11.3 Å². The highest BCUT2D eigenvalue weighted by molar-refractivity contribution is 14.0. The normalized spacial score (nSPS) is 15.7. The Morgan fingerprint density at radius 3 is 2.78 bits per heavy atom. The van der Waals surface area contributed by atoms with E-state index in [-0.39, 0.29) is 24.0 Å². The van der Waals surface area contributed by atoms with E-state index in [4.69, 9.17) is 0 Å². The minimum atomic E-state index is 0. The second kappa shape index (κ2) is 7.93. The average Bonchev–Trinajstić information content (AvgIpc) is 2.96. The summed E-state index contributed by atoms with van der Waals surface area (Å²) in [6, 6.07) is 0. The van der Waals surface area contributed by atoms with Crippen molar-refractivity contribution in [3.05, 3.63) is 16.1 Å². The van der Waals surface area contributed by atoms with Gasteiger partial charge in [0, 0.05) is 38.5 Å². The largest absolute Gasteiger partial charge is 0.356 e. The fraction of sp³-hybridized carbons (Fsp3) is 0.667. The lowest BCUT2D eigenvalue weighted by atomic mass is 10.3. The Hall–Kier alpha value is -0.370. The van der Waals surface area contributed by atoms with Crippen LogP contribution in [-0.2, 0) is 6.42 Å². The van der Waals surface area contributed by atoms with Crippen LogP contribution in [0.25, 0.3) is 0 Å². The van der Waals surface area contributed by atoms with Crippen LogP contribution in [0, 0.1) is 6.92 Å². The molecule has 0 unspecified atom stereocenters. The monoisotopic (exact) mass is 380 g/mol. The van der Waals surface area contributed by atoms with Gasteiger partial charge in [-0.2, -0.15) is 0 Å². The fourth-order valence-electron chi connectivity index (χ4n) is 2.09. The van der Waals surface area contributed by atoms with Gasteiger partial charge in [-0.3, -0.25) is 4.99 Å². The van der Waals surface area contributed by atoms with Gasteiger partial charge >= 0.3 is 0 Å². The molecule has 2 rings (SSSR count). The second-order valence-corrected chi connectivity index (χ2v) is 5.34. The zero-order chi connectivity index (χ0) is 12.1. The van der Waals surface area contributed by atoms with E-state index in [0.717, 1.165) is 37.0 Å². The molecule has 1 saturated heterocycles. The number of nitrogens with one attached hydrogen (secondary N) is 1. The van der Waals surface area contributed by atoms with E-state index in [9.17, 15) is 0 Å². The third kappa shape index (κ3) is 4.38. The molecule has 2 heterocycles. The van der Waals surface area contributed by atoms with Crippen molar-refractivity contribution in [3.63, 3.8) is 0 Å². The quantitative estimate of drug-likeness (QED) is 0.497. The third-order valence-electron chi connectivity index (χ3n) is 2.95. The second-order valence-electron chi connectivity index (χ2n) is 4.28. The molecule has 0 amide bonds. The number of rotatable bonds is 3. The molecule has 0 atom stereocenters. The molecule has 0 saturated carbocycles. The summed E-state index contributed by atoms with van der Waals surface area (Å²) in [5, 5.41) is 6.69. The van der Waals surface area contributed by atoms with Gasteiger partial charge in [-0.25, -0.2) is 4.98 Å². The number of aromatic nitrogens is 1. The summed E-state index contributed by atoms with van der Waals surface area (Å²) < 4.78 is 0. The summed E-state index contributed by atoms with van der Waals surface area (Å²) >= 11 is 1.71. The van der Waals surface area contributed by atoms with E-state index >= 15 is 0 Å². The van der Waals surface area contributed by atoms with Crippen molar-refractivity contribution in [2.24, 2.45) is 4.99 Å². The summed E-state index contributed by atoms with van der Waals surface area (Å²) in [6.45, 7) is 5.22. The molecular formula is C12H21IN4S. The number of hydrogen-bond donors (Lipinski definition) is 1. The summed E-state index contributed by atoms with van der Waals surface area (Å²) in [6.07, 6.45) is 3.54. The zero-order valence-electron chi connectivity index (χ0n) is 11.0. The number of aliphatic imine (C=N–C) groups is 1. The Morgan fingerprint density at radius 2 is 2.22 bits per heavy atom. The first-order chi connectivity index (χ1) is 8.29. The molecule has 0 radical (unpaired) electrons. The highest BCUT2D eigenvalue weighted by atomic mass is 127. The fourth-order valence-corrected chi connectivity index (χ4v) is 2.73. The molecule has 0 aromatic carbocycles. The molecule has 4 nitrogen and oxygen atoms in total. The Labute approximate surface area is 130 Å². The molecule has 1 aliphatic rings. The zero-order valence-corrected chi connectivity index (χ0v) is 14.1. The minimum absolute atomic E-state index is 0. The number of thiazole rings is 1. The van der Waals surface area contributed by atoms with Crippen molar-refractivity contribution in [2.45, 2.75) is 26.2 Å². The maximum atomic E-state index is 4.46. The molecule has 1 N–H and O–H groups in total. The van der Waals surface area contributed by atoms with Crippen LogP contribution in [0.4, 0.5) is 0 Å². The van der Waals surface area contributed by atoms with E-state index in [1.807, 2.05) is 14.0 Å². The number of hydrogen-bond acceptors (Lipinski definition) is 3. The van der Waals surface area contributed by atoms with Crippen LogP contribution in [0.2, 0.25) is 0 Å². The predicted octanol–water partition coefficient (Wildman–Crippen LogP) is 2.28. The predicted molar refractivity (Wildman–Crippen MR) is 88.1 cm³/mol. The van der Waals surface area contributed by atoms with Gasteiger partial charge in [-0.15, -0.1) is 35.3 Å². The van der Waals surface area contributed by atoms with Crippen molar-refractivity contribution in [3.8, 4) is 0 Å². The molecule has 0 spiro atoms. The van der Waals surface area contributed by atoms with E-state index in [1.165, 1.54) is 18.5 Å². The average molecular weight is 380 g/mol. The molecular weight excluding hydrogens is 359 g/mol. The van der Waals surface area contributed by atoms with Crippen LogP contribution in [-0.4, -0.2) is 42.5 Å². The van der Waals surface area contributed by atoms with Gasteiger partial charge in [0.25, 0.3) is 0 Å². The molecule has 0 aliphatic carbocycles. The molecule has 102 valence electrons. The highest BCUT2D eigenvalue weighted by Crippen LogP contribution is 2.09. The number of halogens is 1. The third-order valence-corrected chi connectivity index (χ3v) is 3.77.